The Hall–Kier alpha value is -2.78. The number of hydrogen-bond acceptors (Lipinski definition) is 2. The number of nitrogens with one attached hydrogen (secondary N) is 1. The van der Waals surface area contributed by atoms with Crippen LogP contribution < -0.4 is 10.2 Å². The van der Waals surface area contributed by atoms with Crippen molar-refractivity contribution in [2.24, 2.45) is 0 Å². The second-order valence-electron chi connectivity index (χ2n) is 6.46. The number of fused-ring (bicyclic) bond motifs is 1. The average molecular weight is 363 g/mol. The smallest absolute Gasteiger partial charge is 0.255 e. The van der Waals surface area contributed by atoms with Gasteiger partial charge in [0, 0.05) is 35.1 Å². The Balaban J connectivity index is 1.43. The van der Waals surface area contributed by atoms with Gasteiger partial charge in [0.2, 0.25) is 0 Å². The zero-order valence-electron chi connectivity index (χ0n) is 14.3. The van der Waals surface area contributed by atoms with Gasteiger partial charge in [-0.25, -0.2) is 0 Å². The summed E-state index contributed by atoms with van der Waals surface area (Å²) >= 11 is 5.96. The molecule has 0 saturated carbocycles. The highest BCUT2D eigenvalue weighted by atomic mass is 35.5. The first kappa shape index (κ1) is 16.7. The third-order valence-electron chi connectivity index (χ3n) is 4.66. The van der Waals surface area contributed by atoms with E-state index in [1.165, 1.54) is 16.8 Å². The second-order valence-corrected chi connectivity index (χ2v) is 6.90. The molecular weight excluding hydrogens is 344 g/mol. The van der Waals surface area contributed by atoms with Crippen LogP contribution in [0.1, 0.15) is 21.5 Å². The van der Waals surface area contributed by atoms with E-state index >= 15 is 0 Å². The summed E-state index contributed by atoms with van der Waals surface area (Å²) in [6.45, 7) is 1.89. The minimum atomic E-state index is -0.134. The normalized spacial score (nSPS) is 12.7. The molecule has 0 spiro atoms. The zero-order valence-corrected chi connectivity index (χ0v) is 15.0. The van der Waals surface area contributed by atoms with Crippen molar-refractivity contribution < 1.29 is 4.79 Å². The summed E-state index contributed by atoms with van der Waals surface area (Å²) < 4.78 is 0. The first-order valence-corrected chi connectivity index (χ1v) is 9.05. The van der Waals surface area contributed by atoms with Gasteiger partial charge in [0.1, 0.15) is 0 Å². The van der Waals surface area contributed by atoms with Crippen molar-refractivity contribution in [1.82, 2.24) is 0 Å². The molecule has 0 atom stereocenters. The van der Waals surface area contributed by atoms with E-state index in [9.17, 15) is 4.79 Å². The third-order valence-corrected chi connectivity index (χ3v) is 4.89. The number of para-hydroxylation sites is 1. The van der Waals surface area contributed by atoms with E-state index in [4.69, 9.17) is 11.6 Å². The Morgan fingerprint density at radius 2 is 1.81 bits per heavy atom. The fraction of sp³-hybridized carbons (Fsp3) is 0.136. The topological polar surface area (TPSA) is 32.3 Å². The zero-order chi connectivity index (χ0) is 17.9. The predicted molar refractivity (Wildman–Crippen MR) is 107 cm³/mol. The van der Waals surface area contributed by atoms with Crippen LogP contribution >= 0.6 is 11.6 Å². The highest BCUT2D eigenvalue weighted by molar-refractivity contribution is 6.30. The standard InChI is InChI=1S/C22H19ClN2O/c23-19-5-3-6-20(14-19)24-22(26)18-10-8-16(9-11-18)15-25-13-12-17-4-1-2-7-21(17)25/h1-11,14H,12-13,15H2,(H,24,26). The predicted octanol–water partition coefficient (Wildman–Crippen LogP) is 5.16. The van der Waals surface area contributed by atoms with Crippen LogP contribution in [0, 0.1) is 0 Å². The molecule has 0 saturated heterocycles. The molecule has 0 unspecified atom stereocenters. The van der Waals surface area contributed by atoms with Crippen molar-refractivity contribution >= 4 is 28.9 Å². The van der Waals surface area contributed by atoms with Gasteiger partial charge >= 0.3 is 0 Å². The summed E-state index contributed by atoms with van der Waals surface area (Å²) in [5, 5.41) is 3.47. The number of carbonyl (C=O) groups excluding carboxylic acids is 1. The van der Waals surface area contributed by atoms with E-state index in [-0.39, 0.29) is 5.91 Å². The quantitative estimate of drug-likeness (QED) is 0.695. The molecular formula is C22H19ClN2O. The summed E-state index contributed by atoms with van der Waals surface area (Å²) in [7, 11) is 0. The summed E-state index contributed by atoms with van der Waals surface area (Å²) in [6.07, 6.45) is 1.09. The number of hydrogen-bond donors (Lipinski definition) is 1. The van der Waals surface area contributed by atoms with E-state index in [0.29, 0.717) is 16.3 Å². The lowest BCUT2D eigenvalue weighted by Crippen LogP contribution is -2.19. The largest absolute Gasteiger partial charge is 0.367 e. The minimum Gasteiger partial charge on any atom is -0.367 e. The highest BCUT2D eigenvalue weighted by Crippen LogP contribution is 2.28. The number of carbonyl (C=O) groups is 1. The summed E-state index contributed by atoms with van der Waals surface area (Å²) in [4.78, 5) is 14.8. The number of amides is 1. The monoisotopic (exact) mass is 362 g/mol. The first-order chi connectivity index (χ1) is 12.7. The minimum absolute atomic E-state index is 0.134. The lowest BCUT2D eigenvalue weighted by molar-refractivity contribution is 0.102. The molecule has 26 heavy (non-hydrogen) atoms. The Bertz CT molecular complexity index is 937. The van der Waals surface area contributed by atoms with Gasteiger partial charge in [-0.1, -0.05) is 48.0 Å². The molecule has 0 radical (unpaired) electrons. The van der Waals surface area contributed by atoms with Gasteiger partial charge in [-0.05, 0) is 53.9 Å². The van der Waals surface area contributed by atoms with Crippen molar-refractivity contribution in [2.45, 2.75) is 13.0 Å². The van der Waals surface area contributed by atoms with E-state index in [2.05, 4.69) is 34.5 Å². The van der Waals surface area contributed by atoms with Crippen LogP contribution in [0.25, 0.3) is 0 Å². The SMILES string of the molecule is O=C(Nc1cccc(Cl)c1)c1ccc(CN2CCc3ccccc32)cc1. The van der Waals surface area contributed by atoms with Gasteiger partial charge in [0.25, 0.3) is 5.91 Å². The van der Waals surface area contributed by atoms with Crippen molar-refractivity contribution in [3.05, 3.63) is 94.5 Å². The molecule has 0 aromatic heterocycles. The molecule has 1 amide bonds. The van der Waals surface area contributed by atoms with Crippen molar-refractivity contribution in [3.8, 4) is 0 Å². The molecule has 4 heteroatoms. The van der Waals surface area contributed by atoms with Crippen LogP contribution in [0.15, 0.2) is 72.8 Å². The summed E-state index contributed by atoms with van der Waals surface area (Å²) in [5.41, 5.74) is 5.25. The van der Waals surface area contributed by atoms with Crippen LogP contribution in [0.5, 0.6) is 0 Å². The Labute approximate surface area is 158 Å². The molecule has 3 aromatic rings. The highest BCUT2D eigenvalue weighted by Gasteiger charge is 2.18. The van der Waals surface area contributed by atoms with Gasteiger partial charge in [-0.15, -0.1) is 0 Å². The maximum absolute atomic E-state index is 12.4. The molecule has 1 heterocycles. The fourth-order valence-corrected chi connectivity index (χ4v) is 3.51. The van der Waals surface area contributed by atoms with Gasteiger partial charge < -0.3 is 10.2 Å². The van der Waals surface area contributed by atoms with Crippen LogP contribution in [-0.2, 0) is 13.0 Å². The maximum atomic E-state index is 12.4. The average Bonchev–Trinajstić information content (AvgIpc) is 3.05. The molecule has 1 aliphatic rings. The van der Waals surface area contributed by atoms with Crippen LogP contribution in [0.3, 0.4) is 0 Å². The fourth-order valence-electron chi connectivity index (χ4n) is 3.32. The number of rotatable bonds is 4. The van der Waals surface area contributed by atoms with Crippen LogP contribution in [-0.4, -0.2) is 12.5 Å². The van der Waals surface area contributed by atoms with Gasteiger partial charge in [-0.3, -0.25) is 4.79 Å². The van der Waals surface area contributed by atoms with Crippen molar-refractivity contribution in [1.29, 1.82) is 0 Å². The second kappa shape index (κ2) is 7.22. The molecule has 3 nitrogen and oxygen atoms in total. The molecule has 4 rings (SSSR count). The number of benzene rings is 3. The molecule has 1 aliphatic heterocycles. The van der Waals surface area contributed by atoms with Crippen LogP contribution in [0.4, 0.5) is 11.4 Å². The van der Waals surface area contributed by atoms with Gasteiger partial charge in [0.15, 0.2) is 0 Å². The lowest BCUT2D eigenvalue weighted by Gasteiger charge is -2.19. The first-order valence-electron chi connectivity index (χ1n) is 8.68. The molecule has 0 bridgehead atoms. The van der Waals surface area contributed by atoms with Crippen molar-refractivity contribution in [2.75, 3.05) is 16.8 Å². The van der Waals surface area contributed by atoms with Gasteiger partial charge in [-0.2, -0.15) is 0 Å². The lowest BCUT2D eigenvalue weighted by atomic mass is 10.1. The molecule has 1 N–H and O–H groups in total. The van der Waals surface area contributed by atoms with E-state index in [1.807, 2.05) is 36.4 Å². The number of nitrogens with zero attached hydrogens (tertiary/aromatic N) is 1. The number of halogens is 1. The van der Waals surface area contributed by atoms with E-state index in [1.54, 1.807) is 12.1 Å². The van der Waals surface area contributed by atoms with Crippen molar-refractivity contribution in [3.63, 3.8) is 0 Å². The molecule has 0 fully saturated rings. The Kier molecular flexibility index (Phi) is 4.63. The maximum Gasteiger partial charge on any atom is 0.255 e. The third kappa shape index (κ3) is 3.58. The van der Waals surface area contributed by atoms with Crippen LogP contribution in [0.2, 0.25) is 5.02 Å². The molecule has 3 aromatic carbocycles. The summed E-state index contributed by atoms with van der Waals surface area (Å²) in [5.74, 6) is -0.134. The summed E-state index contributed by atoms with van der Waals surface area (Å²) in [6, 6.07) is 23.5. The molecule has 0 aliphatic carbocycles. The molecule has 130 valence electrons. The van der Waals surface area contributed by atoms with E-state index < -0.39 is 0 Å². The van der Waals surface area contributed by atoms with Gasteiger partial charge in [0.05, 0.1) is 0 Å². The Morgan fingerprint density at radius 1 is 1.00 bits per heavy atom. The van der Waals surface area contributed by atoms with E-state index in [0.717, 1.165) is 19.5 Å². The Morgan fingerprint density at radius 3 is 2.62 bits per heavy atom. The number of anilines is 2.